The Balaban J connectivity index is 3.72. The fourth-order valence-corrected chi connectivity index (χ4v) is 1.02. The van der Waals surface area contributed by atoms with E-state index in [1.54, 1.807) is 0 Å². The third kappa shape index (κ3) is 3.48. The summed E-state index contributed by atoms with van der Waals surface area (Å²) in [6, 6.07) is 0. The Labute approximate surface area is 59.2 Å². The molecule has 0 aromatic carbocycles. The minimum Gasteiger partial charge on any atom is -0.465 e. The first-order valence-electron chi connectivity index (χ1n) is 2.65. The van der Waals surface area contributed by atoms with Crippen LogP contribution in [-0.2, 0) is 9.09 Å². The van der Waals surface area contributed by atoms with Gasteiger partial charge in [0.2, 0.25) is 8.03 Å². The molecule has 0 aromatic rings. The smallest absolute Gasteiger partial charge is 0.405 e. The molecule has 0 saturated carbocycles. The van der Waals surface area contributed by atoms with E-state index >= 15 is 0 Å². The topological polar surface area (TPSA) is 75.6 Å². The van der Waals surface area contributed by atoms with E-state index in [4.69, 9.17) is 5.11 Å². The summed E-state index contributed by atoms with van der Waals surface area (Å²) in [5.74, 6) is -0.618. The Morgan fingerprint density at radius 1 is 1.80 bits per heavy atom. The highest BCUT2D eigenvalue weighted by Gasteiger charge is 2.10. The van der Waals surface area contributed by atoms with Crippen molar-refractivity contribution in [2.45, 2.75) is 12.7 Å². The second-order valence-electron chi connectivity index (χ2n) is 1.69. The van der Waals surface area contributed by atoms with Gasteiger partial charge in [-0.05, 0) is 6.92 Å². The van der Waals surface area contributed by atoms with Gasteiger partial charge < -0.3 is 14.9 Å². The number of nitrogens with one attached hydrogen (secondary N) is 1. The van der Waals surface area contributed by atoms with Gasteiger partial charge in [0.1, 0.15) is 5.78 Å². The average molecular weight is 167 g/mol. The van der Waals surface area contributed by atoms with Crippen LogP contribution in [0.3, 0.4) is 0 Å². The van der Waals surface area contributed by atoms with Gasteiger partial charge in [0, 0.05) is 7.11 Å². The summed E-state index contributed by atoms with van der Waals surface area (Å²) in [4.78, 5) is 9.94. The lowest BCUT2D eigenvalue weighted by Crippen LogP contribution is -2.28. The van der Waals surface area contributed by atoms with Crippen LogP contribution >= 0.6 is 8.03 Å². The van der Waals surface area contributed by atoms with Gasteiger partial charge in [0.15, 0.2) is 0 Å². The van der Waals surface area contributed by atoms with Crippen molar-refractivity contribution in [3.8, 4) is 0 Å². The van der Waals surface area contributed by atoms with Crippen LogP contribution in [-0.4, -0.2) is 24.1 Å². The molecule has 0 fully saturated rings. The molecule has 2 N–H and O–H groups in total. The van der Waals surface area contributed by atoms with Gasteiger partial charge in [0.25, 0.3) is 0 Å². The zero-order valence-electron chi connectivity index (χ0n) is 5.75. The molecule has 2 atom stereocenters. The summed E-state index contributed by atoms with van der Waals surface area (Å²) in [7, 11) is -0.965. The van der Waals surface area contributed by atoms with E-state index in [0.717, 1.165) is 0 Å². The maximum atomic E-state index is 10.7. The molecule has 5 nitrogen and oxygen atoms in total. The first kappa shape index (κ1) is 9.46. The molecule has 0 saturated heterocycles. The van der Waals surface area contributed by atoms with Gasteiger partial charge >= 0.3 is 6.09 Å². The van der Waals surface area contributed by atoms with Crippen LogP contribution in [0.15, 0.2) is 0 Å². The molecule has 0 aliphatic heterocycles. The monoisotopic (exact) mass is 167 g/mol. The Morgan fingerprint density at radius 3 is 2.60 bits per heavy atom. The van der Waals surface area contributed by atoms with Gasteiger partial charge in [-0.3, -0.25) is 4.57 Å². The maximum Gasteiger partial charge on any atom is 0.405 e. The molecule has 0 aliphatic rings. The van der Waals surface area contributed by atoms with Crippen molar-refractivity contribution < 1.29 is 19.0 Å². The molecule has 0 aliphatic carbocycles. The minimum atomic E-state index is -2.24. The number of rotatable bonds is 3. The largest absolute Gasteiger partial charge is 0.465 e. The lowest BCUT2D eigenvalue weighted by atomic mass is 10.7. The van der Waals surface area contributed by atoms with Crippen molar-refractivity contribution in [3.05, 3.63) is 0 Å². The second-order valence-corrected chi connectivity index (χ2v) is 3.61. The predicted octanol–water partition coefficient (Wildman–Crippen LogP) is 0.721. The summed E-state index contributed by atoms with van der Waals surface area (Å²) in [5, 5.41) is 10.2. The minimum absolute atomic E-state index is 0.618. The number of hydrogen-bond acceptors (Lipinski definition) is 3. The van der Waals surface area contributed by atoms with Gasteiger partial charge in [-0.1, -0.05) is 0 Å². The van der Waals surface area contributed by atoms with Crippen LogP contribution < -0.4 is 5.32 Å². The third-order valence-electron chi connectivity index (χ3n) is 0.895. The SMILES string of the molecule is CO[PH](=O)[C@H](C)NC(=O)O. The van der Waals surface area contributed by atoms with E-state index in [1.807, 2.05) is 5.32 Å². The molecular weight excluding hydrogens is 157 g/mol. The van der Waals surface area contributed by atoms with Gasteiger partial charge in [0.05, 0.1) is 0 Å². The quantitative estimate of drug-likeness (QED) is 0.607. The van der Waals surface area contributed by atoms with Crippen molar-refractivity contribution in [1.29, 1.82) is 0 Å². The molecule has 0 heterocycles. The Hall–Kier alpha value is -0.540. The Kier molecular flexibility index (Phi) is 4.07. The summed E-state index contributed by atoms with van der Waals surface area (Å²) in [6.07, 6.45) is -1.19. The van der Waals surface area contributed by atoms with E-state index < -0.39 is 19.9 Å². The first-order valence-corrected chi connectivity index (χ1v) is 4.04. The summed E-state index contributed by atoms with van der Waals surface area (Å²) in [5.41, 5.74) is 0. The van der Waals surface area contributed by atoms with Crippen molar-refractivity contribution >= 4 is 14.1 Å². The van der Waals surface area contributed by atoms with Gasteiger partial charge in [-0.25, -0.2) is 4.79 Å². The van der Waals surface area contributed by atoms with Crippen LogP contribution in [0.2, 0.25) is 0 Å². The molecule has 10 heavy (non-hydrogen) atoms. The van der Waals surface area contributed by atoms with E-state index in [9.17, 15) is 9.36 Å². The summed E-state index contributed by atoms with van der Waals surface area (Å²) >= 11 is 0. The molecule has 0 spiro atoms. The number of hydrogen-bond donors (Lipinski definition) is 2. The number of carbonyl (C=O) groups is 1. The second kappa shape index (κ2) is 4.30. The van der Waals surface area contributed by atoms with E-state index in [-0.39, 0.29) is 0 Å². The van der Waals surface area contributed by atoms with Crippen molar-refractivity contribution in [2.24, 2.45) is 0 Å². The van der Waals surface area contributed by atoms with Gasteiger partial charge in [-0.2, -0.15) is 0 Å². The predicted molar refractivity (Wildman–Crippen MR) is 36.6 cm³/mol. The highest BCUT2D eigenvalue weighted by molar-refractivity contribution is 7.39. The Bertz CT molecular complexity index is 148. The van der Waals surface area contributed by atoms with Crippen LogP contribution in [0.5, 0.6) is 0 Å². The molecule has 0 rings (SSSR count). The van der Waals surface area contributed by atoms with Crippen molar-refractivity contribution in [1.82, 2.24) is 5.32 Å². The first-order chi connectivity index (χ1) is 4.57. The zero-order chi connectivity index (χ0) is 8.15. The Morgan fingerprint density at radius 2 is 2.30 bits per heavy atom. The van der Waals surface area contributed by atoms with E-state index in [2.05, 4.69) is 4.52 Å². The molecule has 60 valence electrons. The third-order valence-corrected chi connectivity index (χ3v) is 2.15. The fourth-order valence-electron chi connectivity index (χ4n) is 0.421. The van der Waals surface area contributed by atoms with E-state index in [0.29, 0.717) is 0 Å². The molecule has 0 aromatic heterocycles. The fraction of sp³-hybridized carbons (Fsp3) is 0.750. The van der Waals surface area contributed by atoms with Crippen molar-refractivity contribution in [2.75, 3.05) is 7.11 Å². The lowest BCUT2D eigenvalue weighted by Gasteiger charge is -2.08. The molecular formula is C4H10NO4P. The summed E-state index contributed by atoms with van der Waals surface area (Å²) in [6.45, 7) is 1.49. The van der Waals surface area contributed by atoms with Gasteiger partial charge in [-0.15, -0.1) is 0 Å². The lowest BCUT2D eigenvalue weighted by molar-refractivity contribution is 0.193. The molecule has 0 bridgehead atoms. The summed E-state index contributed by atoms with van der Waals surface area (Å²) < 4.78 is 15.1. The molecule has 0 radical (unpaired) electrons. The van der Waals surface area contributed by atoms with Crippen LogP contribution in [0.4, 0.5) is 4.79 Å². The standard InChI is InChI=1S/C4H10NO4P/c1-3(5-4(6)7)10(8)9-2/h3,5,10H,1-2H3,(H,6,7)/t3-/m1/s1. The normalized spacial score (nSPS) is 15.8. The highest BCUT2D eigenvalue weighted by Crippen LogP contribution is 2.25. The molecule has 6 heteroatoms. The average Bonchev–Trinajstić information content (AvgIpc) is 1.85. The maximum absolute atomic E-state index is 10.7. The van der Waals surface area contributed by atoms with E-state index in [1.165, 1.54) is 14.0 Å². The van der Waals surface area contributed by atoms with Crippen LogP contribution in [0.25, 0.3) is 0 Å². The van der Waals surface area contributed by atoms with Crippen LogP contribution in [0.1, 0.15) is 6.92 Å². The van der Waals surface area contributed by atoms with Crippen LogP contribution in [0, 0.1) is 0 Å². The number of carboxylic acid groups (broad SMARTS) is 1. The molecule has 1 amide bonds. The highest BCUT2D eigenvalue weighted by atomic mass is 31.1. The van der Waals surface area contributed by atoms with Crippen molar-refractivity contribution in [3.63, 3.8) is 0 Å². The zero-order valence-corrected chi connectivity index (χ0v) is 6.75. The molecule has 1 unspecified atom stereocenters. The number of amides is 1.